The highest BCUT2D eigenvalue weighted by Gasteiger charge is 2.31. The number of rotatable bonds is 5. The van der Waals surface area contributed by atoms with E-state index in [9.17, 15) is 27.2 Å². The molecule has 1 aliphatic rings. The molecule has 5 rings (SSSR count). The van der Waals surface area contributed by atoms with Crippen molar-refractivity contribution in [1.82, 2.24) is 13.7 Å². The molecule has 0 saturated heterocycles. The molecule has 9 nitrogen and oxygen atoms in total. The van der Waals surface area contributed by atoms with Crippen molar-refractivity contribution in [3.05, 3.63) is 91.1 Å². The number of anilines is 2. The van der Waals surface area contributed by atoms with Gasteiger partial charge >= 0.3 is 5.69 Å². The summed E-state index contributed by atoms with van der Waals surface area (Å²) in [7, 11) is -2.22. The molecule has 11 heteroatoms. The van der Waals surface area contributed by atoms with Gasteiger partial charge in [0.15, 0.2) is 9.84 Å². The van der Waals surface area contributed by atoms with Crippen LogP contribution in [0.25, 0.3) is 16.7 Å². The molecule has 0 radical (unpaired) electrons. The molecule has 2 heterocycles. The van der Waals surface area contributed by atoms with Gasteiger partial charge in [0.25, 0.3) is 11.1 Å². The first-order chi connectivity index (χ1) is 17.5. The van der Waals surface area contributed by atoms with Gasteiger partial charge in [0.05, 0.1) is 22.0 Å². The predicted molar refractivity (Wildman–Crippen MR) is 138 cm³/mol. The van der Waals surface area contributed by atoms with Gasteiger partial charge in [0, 0.05) is 31.0 Å². The molecule has 0 bridgehead atoms. The quantitative estimate of drug-likeness (QED) is 0.405. The van der Waals surface area contributed by atoms with E-state index in [1.807, 2.05) is 0 Å². The normalized spacial score (nSPS) is 13.5. The predicted octanol–water partition coefficient (Wildman–Crippen LogP) is 2.45. The number of nitrogens with one attached hydrogen (secondary N) is 1. The van der Waals surface area contributed by atoms with Gasteiger partial charge < -0.3 is 5.32 Å². The first kappa shape index (κ1) is 24.3. The van der Waals surface area contributed by atoms with Gasteiger partial charge in [-0.25, -0.2) is 22.2 Å². The second kappa shape index (κ2) is 8.60. The number of aryl methyl sites for hydroxylation is 1. The van der Waals surface area contributed by atoms with Crippen LogP contribution in [0.15, 0.2) is 67.8 Å². The van der Waals surface area contributed by atoms with Crippen molar-refractivity contribution in [2.24, 2.45) is 7.05 Å². The lowest BCUT2D eigenvalue weighted by atomic mass is 10.2. The summed E-state index contributed by atoms with van der Waals surface area (Å²) in [5, 5.41) is 2.79. The number of nitrogens with zero attached hydrogens (tertiary/aromatic N) is 3. The summed E-state index contributed by atoms with van der Waals surface area (Å²) in [6.45, 7) is 0. The molecule has 37 heavy (non-hydrogen) atoms. The van der Waals surface area contributed by atoms with Crippen LogP contribution in [0.4, 0.5) is 15.8 Å². The Morgan fingerprint density at radius 2 is 1.78 bits per heavy atom. The van der Waals surface area contributed by atoms with Crippen LogP contribution in [0.2, 0.25) is 0 Å². The zero-order chi connectivity index (χ0) is 26.6. The van der Waals surface area contributed by atoms with E-state index in [-0.39, 0.29) is 39.0 Å². The highest BCUT2D eigenvalue weighted by Crippen LogP contribution is 2.33. The highest BCUT2D eigenvalue weighted by atomic mass is 32.2. The molecule has 2 aromatic carbocycles. The molecule has 2 aromatic heterocycles. The van der Waals surface area contributed by atoms with Crippen LogP contribution in [-0.4, -0.2) is 28.4 Å². The Morgan fingerprint density at radius 1 is 1.05 bits per heavy atom. The number of fused-ring (bicyclic) bond motifs is 1. The number of terminal acetylenes is 1. The molecule has 1 aliphatic carbocycles. The second-order valence-corrected chi connectivity index (χ2v) is 10.9. The Hall–Kier alpha value is -4.43. The van der Waals surface area contributed by atoms with Crippen LogP contribution in [0.1, 0.15) is 24.4 Å². The zero-order valence-electron chi connectivity index (χ0n) is 19.9. The summed E-state index contributed by atoms with van der Waals surface area (Å²) in [4.78, 5) is 40.3. The molecule has 1 saturated carbocycles. The van der Waals surface area contributed by atoms with Gasteiger partial charge in [-0.1, -0.05) is 12.0 Å². The lowest BCUT2D eigenvalue weighted by Crippen LogP contribution is -2.41. The van der Waals surface area contributed by atoms with Gasteiger partial charge in [0.1, 0.15) is 16.9 Å². The minimum Gasteiger partial charge on any atom is -0.352 e. The lowest BCUT2D eigenvalue weighted by Gasteiger charge is -2.19. The molecule has 0 unspecified atom stereocenters. The molecular formula is C26H21FN4O5S. The third kappa shape index (κ3) is 4.15. The third-order valence-electron chi connectivity index (χ3n) is 6.27. The molecule has 1 N–H and O–H groups in total. The molecule has 188 valence electrons. The third-order valence-corrected chi connectivity index (χ3v) is 7.38. The largest absolute Gasteiger partial charge is 0.352 e. The smallest absolute Gasteiger partial charge is 0.337 e. The average Bonchev–Trinajstić information content (AvgIpc) is 3.68. The number of hydrogen-bond donors (Lipinski definition) is 1. The molecule has 1 fully saturated rings. The minimum absolute atomic E-state index is 0.00197. The van der Waals surface area contributed by atoms with Gasteiger partial charge in [-0.2, -0.15) is 0 Å². The van der Waals surface area contributed by atoms with Crippen molar-refractivity contribution in [1.29, 1.82) is 0 Å². The Bertz CT molecular complexity index is 1940. The summed E-state index contributed by atoms with van der Waals surface area (Å²) in [5.41, 5.74) is -1.55. The van der Waals surface area contributed by atoms with E-state index < -0.39 is 32.5 Å². The van der Waals surface area contributed by atoms with E-state index in [4.69, 9.17) is 6.42 Å². The van der Waals surface area contributed by atoms with Crippen LogP contribution in [-0.2, 0) is 16.9 Å². The summed E-state index contributed by atoms with van der Waals surface area (Å²) in [6.07, 6.45) is 7.59. The van der Waals surface area contributed by atoms with Gasteiger partial charge in [-0.3, -0.25) is 18.7 Å². The average molecular weight is 521 g/mol. The first-order valence-corrected chi connectivity index (χ1v) is 13.2. The second-order valence-electron chi connectivity index (χ2n) is 8.91. The molecule has 0 aliphatic heterocycles. The molecule has 4 aromatic rings. The summed E-state index contributed by atoms with van der Waals surface area (Å²) in [6, 6.07) is 10.5. The fraction of sp³-hybridized carbons (Fsp3) is 0.192. The van der Waals surface area contributed by atoms with E-state index >= 15 is 0 Å². The lowest BCUT2D eigenvalue weighted by molar-refractivity contribution is 0.601. The Labute approximate surface area is 210 Å². The van der Waals surface area contributed by atoms with Crippen molar-refractivity contribution < 1.29 is 12.8 Å². The minimum atomic E-state index is -3.62. The SMILES string of the molecule is C#Cc1ccc(Nc2cc(=O)n(C)c3c2c(=O)n(C2CC2)c(=O)n3-c2cccc(S(C)(=O)=O)c2)c(F)c1. The summed E-state index contributed by atoms with van der Waals surface area (Å²) >= 11 is 0. The number of hydrogen-bond acceptors (Lipinski definition) is 6. The fourth-order valence-electron chi connectivity index (χ4n) is 4.25. The van der Waals surface area contributed by atoms with Crippen molar-refractivity contribution in [3.63, 3.8) is 0 Å². The Morgan fingerprint density at radius 3 is 2.41 bits per heavy atom. The van der Waals surface area contributed by atoms with Crippen molar-refractivity contribution in [3.8, 4) is 18.0 Å². The maximum Gasteiger partial charge on any atom is 0.337 e. The van der Waals surface area contributed by atoms with Crippen LogP contribution in [0, 0.1) is 18.2 Å². The standard InChI is InChI=1S/C26H21FN4O5S/c1-4-15-8-11-20(19(27)12-15)28-21-14-22(32)29(2)24-23(21)25(33)31(16-9-10-16)26(34)30(24)17-6-5-7-18(13-17)37(3,35)36/h1,5-8,11-14,16,28H,9-10H2,2-3H3. The van der Waals surface area contributed by atoms with Crippen LogP contribution >= 0.6 is 0 Å². The molecular weight excluding hydrogens is 499 g/mol. The van der Waals surface area contributed by atoms with Crippen LogP contribution in [0.3, 0.4) is 0 Å². The van der Waals surface area contributed by atoms with Crippen LogP contribution in [0.5, 0.6) is 0 Å². The first-order valence-electron chi connectivity index (χ1n) is 11.3. The number of pyridine rings is 1. The van der Waals surface area contributed by atoms with E-state index in [2.05, 4.69) is 11.2 Å². The van der Waals surface area contributed by atoms with Gasteiger partial charge in [0.2, 0.25) is 0 Å². The monoisotopic (exact) mass is 520 g/mol. The Balaban J connectivity index is 1.89. The molecule has 0 atom stereocenters. The van der Waals surface area contributed by atoms with Crippen LogP contribution < -0.4 is 22.1 Å². The van der Waals surface area contributed by atoms with E-state index in [1.165, 1.54) is 43.4 Å². The maximum atomic E-state index is 14.7. The number of halogens is 1. The summed E-state index contributed by atoms with van der Waals surface area (Å²) in [5.74, 6) is 1.64. The number of sulfone groups is 1. The van der Waals surface area contributed by atoms with Gasteiger partial charge in [-0.15, -0.1) is 6.42 Å². The number of benzene rings is 2. The summed E-state index contributed by atoms with van der Waals surface area (Å²) < 4.78 is 42.5. The van der Waals surface area contributed by atoms with Crippen molar-refractivity contribution >= 4 is 32.2 Å². The van der Waals surface area contributed by atoms with E-state index in [1.54, 1.807) is 0 Å². The van der Waals surface area contributed by atoms with Gasteiger partial charge in [-0.05, 0) is 49.2 Å². The van der Waals surface area contributed by atoms with Crippen molar-refractivity contribution in [2.45, 2.75) is 23.8 Å². The molecule has 0 amide bonds. The van der Waals surface area contributed by atoms with Crippen molar-refractivity contribution in [2.75, 3.05) is 11.6 Å². The molecule has 0 spiro atoms. The Kier molecular flexibility index (Phi) is 5.64. The zero-order valence-corrected chi connectivity index (χ0v) is 20.7. The van der Waals surface area contributed by atoms with E-state index in [0.717, 1.165) is 32.1 Å². The topological polar surface area (TPSA) is 112 Å². The maximum absolute atomic E-state index is 14.7. The number of aromatic nitrogens is 3. The fourth-order valence-corrected chi connectivity index (χ4v) is 4.91. The highest BCUT2D eigenvalue weighted by molar-refractivity contribution is 7.90. The van der Waals surface area contributed by atoms with E-state index in [0.29, 0.717) is 18.4 Å².